The van der Waals surface area contributed by atoms with Crippen molar-refractivity contribution < 1.29 is 19.4 Å². The van der Waals surface area contributed by atoms with Gasteiger partial charge < -0.3 is 20.5 Å². The molecule has 0 spiro atoms. The van der Waals surface area contributed by atoms with E-state index in [1.165, 1.54) is 0 Å². The van der Waals surface area contributed by atoms with E-state index in [0.717, 1.165) is 0 Å². The minimum Gasteiger partial charge on any atom is -0.480 e. The quantitative estimate of drug-likeness (QED) is 0.790. The maximum atomic E-state index is 11.9. The molecule has 19 heavy (non-hydrogen) atoms. The summed E-state index contributed by atoms with van der Waals surface area (Å²) in [4.78, 5) is 24.5. The van der Waals surface area contributed by atoms with Gasteiger partial charge in [0.1, 0.15) is 11.6 Å². The molecule has 1 heterocycles. The first-order valence-electron chi connectivity index (χ1n) is 6.58. The van der Waals surface area contributed by atoms with Crippen LogP contribution >= 0.6 is 0 Å². The van der Waals surface area contributed by atoms with Gasteiger partial charge in [-0.05, 0) is 39.0 Å². The summed E-state index contributed by atoms with van der Waals surface area (Å²) in [5.41, 5.74) is 5.15. The third-order valence-corrected chi connectivity index (χ3v) is 3.37. The van der Waals surface area contributed by atoms with Crippen LogP contribution in [-0.4, -0.2) is 46.8 Å². The lowest BCUT2D eigenvalue weighted by molar-refractivity contribution is -0.140. The van der Waals surface area contributed by atoms with Gasteiger partial charge in [0.25, 0.3) is 0 Å². The number of rotatable bonds is 2. The molecule has 1 fully saturated rings. The van der Waals surface area contributed by atoms with Crippen LogP contribution in [0.1, 0.15) is 34.1 Å². The van der Waals surface area contributed by atoms with Gasteiger partial charge in [0.15, 0.2) is 0 Å². The molecule has 3 atom stereocenters. The van der Waals surface area contributed by atoms with Crippen LogP contribution in [0.4, 0.5) is 4.79 Å². The first kappa shape index (κ1) is 15.8. The molecule has 3 unspecified atom stereocenters. The summed E-state index contributed by atoms with van der Waals surface area (Å²) < 4.78 is 5.31. The summed E-state index contributed by atoms with van der Waals surface area (Å²) in [5, 5.41) is 8.95. The molecule has 0 aromatic heterocycles. The summed E-state index contributed by atoms with van der Waals surface area (Å²) in [5.74, 6) is -1.04. The first-order valence-corrected chi connectivity index (χ1v) is 6.58. The fourth-order valence-electron chi connectivity index (χ4n) is 2.37. The fraction of sp³-hybridized carbons (Fsp3) is 0.846. The summed E-state index contributed by atoms with van der Waals surface area (Å²) in [6.07, 6.45) is 0.245. The number of likely N-dealkylation sites (tertiary alicyclic amines) is 1. The number of piperidine rings is 1. The number of carboxylic acids is 1. The van der Waals surface area contributed by atoms with Gasteiger partial charge >= 0.3 is 12.1 Å². The largest absolute Gasteiger partial charge is 0.480 e. The molecule has 0 aliphatic carbocycles. The van der Waals surface area contributed by atoms with E-state index in [1.807, 2.05) is 27.7 Å². The Bertz CT molecular complexity index is 351. The van der Waals surface area contributed by atoms with Gasteiger partial charge in [-0.3, -0.25) is 4.79 Å². The molecule has 110 valence electrons. The van der Waals surface area contributed by atoms with Crippen LogP contribution in [0.25, 0.3) is 0 Å². The minimum atomic E-state index is -0.984. The molecule has 6 nitrogen and oxygen atoms in total. The number of nitrogens with two attached hydrogens (primary N) is 1. The average Bonchev–Trinajstić information content (AvgIpc) is 2.25. The third-order valence-electron chi connectivity index (χ3n) is 3.37. The molecular formula is C13H24N2O4. The van der Waals surface area contributed by atoms with Gasteiger partial charge in [-0.1, -0.05) is 6.92 Å². The topological polar surface area (TPSA) is 92.9 Å². The smallest absolute Gasteiger partial charge is 0.410 e. The number of carboxylic acid groups (broad SMARTS) is 1. The summed E-state index contributed by atoms with van der Waals surface area (Å²) >= 11 is 0. The second-order valence-electron chi connectivity index (χ2n) is 6.22. The zero-order valence-corrected chi connectivity index (χ0v) is 12.0. The number of nitrogens with zero attached hydrogens (tertiary/aromatic N) is 1. The Morgan fingerprint density at radius 2 is 2.00 bits per heavy atom. The summed E-state index contributed by atoms with van der Waals surface area (Å²) in [7, 11) is 0. The average molecular weight is 272 g/mol. The normalized spacial score (nSPS) is 25.8. The predicted molar refractivity (Wildman–Crippen MR) is 70.7 cm³/mol. The molecule has 6 heteroatoms. The molecule has 0 bridgehead atoms. The second-order valence-corrected chi connectivity index (χ2v) is 6.22. The van der Waals surface area contributed by atoms with Crippen molar-refractivity contribution in [1.29, 1.82) is 0 Å². The summed E-state index contributed by atoms with van der Waals surface area (Å²) in [6, 6.07) is -0.865. The molecule has 3 N–H and O–H groups in total. The molecule has 1 rings (SSSR count). The van der Waals surface area contributed by atoms with E-state index in [4.69, 9.17) is 15.6 Å². The van der Waals surface area contributed by atoms with Gasteiger partial charge in [0.05, 0.1) is 0 Å². The standard InChI is InChI=1S/C13H24N2O4/c1-8-7-15(12(18)19-13(2,3)4)6-5-9(8)10(14)11(16)17/h8-10H,5-7,14H2,1-4H3,(H,16,17). The Kier molecular flexibility index (Phi) is 4.79. The molecule has 1 aliphatic rings. The maximum Gasteiger partial charge on any atom is 0.410 e. The fourth-order valence-corrected chi connectivity index (χ4v) is 2.37. The van der Waals surface area contributed by atoms with Crippen LogP contribution in [0.5, 0.6) is 0 Å². The Hall–Kier alpha value is -1.30. The number of carbonyl (C=O) groups excluding carboxylic acids is 1. The molecule has 0 radical (unpaired) electrons. The number of amides is 1. The van der Waals surface area contributed by atoms with Gasteiger partial charge in [0.2, 0.25) is 0 Å². The van der Waals surface area contributed by atoms with E-state index >= 15 is 0 Å². The highest BCUT2D eigenvalue weighted by Gasteiger charge is 2.36. The van der Waals surface area contributed by atoms with E-state index in [1.54, 1.807) is 4.90 Å². The SMILES string of the molecule is CC1CN(C(=O)OC(C)(C)C)CCC1C(N)C(=O)O. The van der Waals surface area contributed by atoms with Gasteiger partial charge in [-0.2, -0.15) is 0 Å². The molecule has 0 aromatic rings. The van der Waals surface area contributed by atoms with E-state index in [2.05, 4.69) is 0 Å². The second kappa shape index (κ2) is 5.77. The van der Waals surface area contributed by atoms with E-state index in [9.17, 15) is 9.59 Å². The highest BCUT2D eigenvalue weighted by atomic mass is 16.6. The Balaban J connectivity index is 2.59. The number of aliphatic carboxylic acids is 1. The van der Waals surface area contributed by atoms with Crippen molar-refractivity contribution in [2.24, 2.45) is 17.6 Å². The lowest BCUT2D eigenvalue weighted by atomic mass is 9.82. The van der Waals surface area contributed by atoms with Crippen molar-refractivity contribution in [2.75, 3.05) is 13.1 Å². The van der Waals surface area contributed by atoms with E-state index in [-0.39, 0.29) is 17.9 Å². The molecular weight excluding hydrogens is 248 g/mol. The maximum absolute atomic E-state index is 11.9. The number of hydrogen-bond acceptors (Lipinski definition) is 4. The minimum absolute atomic E-state index is 0.0485. The van der Waals surface area contributed by atoms with Crippen LogP contribution in [-0.2, 0) is 9.53 Å². The van der Waals surface area contributed by atoms with Gasteiger partial charge in [-0.25, -0.2) is 4.79 Å². The predicted octanol–water partition coefficient (Wildman–Crippen LogP) is 1.29. The number of ether oxygens (including phenoxy) is 1. The highest BCUT2D eigenvalue weighted by Crippen LogP contribution is 2.26. The van der Waals surface area contributed by atoms with Crippen molar-refractivity contribution in [2.45, 2.75) is 45.8 Å². The molecule has 1 amide bonds. The number of hydrogen-bond donors (Lipinski definition) is 2. The summed E-state index contributed by atoms with van der Waals surface area (Å²) in [6.45, 7) is 8.36. The zero-order valence-electron chi connectivity index (χ0n) is 12.0. The van der Waals surface area contributed by atoms with Crippen LogP contribution in [0, 0.1) is 11.8 Å². The monoisotopic (exact) mass is 272 g/mol. The van der Waals surface area contributed by atoms with Crippen molar-refractivity contribution in [1.82, 2.24) is 4.90 Å². The number of carbonyl (C=O) groups is 2. The van der Waals surface area contributed by atoms with E-state index in [0.29, 0.717) is 19.5 Å². The van der Waals surface area contributed by atoms with Crippen molar-refractivity contribution >= 4 is 12.1 Å². The Morgan fingerprint density at radius 1 is 1.42 bits per heavy atom. The molecule has 0 saturated carbocycles. The van der Waals surface area contributed by atoms with Crippen LogP contribution < -0.4 is 5.73 Å². The highest BCUT2D eigenvalue weighted by molar-refractivity contribution is 5.73. The molecule has 0 aromatic carbocycles. The van der Waals surface area contributed by atoms with Crippen LogP contribution in [0.15, 0.2) is 0 Å². The Morgan fingerprint density at radius 3 is 2.42 bits per heavy atom. The first-order chi connectivity index (χ1) is 8.61. The van der Waals surface area contributed by atoms with Crippen molar-refractivity contribution in [3.8, 4) is 0 Å². The van der Waals surface area contributed by atoms with Crippen LogP contribution in [0.2, 0.25) is 0 Å². The third kappa shape index (κ3) is 4.38. The van der Waals surface area contributed by atoms with Gasteiger partial charge in [-0.15, -0.1) is 0 Å². The lowest BCUT2D eigenvalue weighted by Gasteiger charge is -2.38. The van der Waals surface area contributed by atoms with Crippen molar-refractivity contribution in [3.63, 3.8) is 0 Å². The van der Waals surface area contributed by atoms with Gasteiger partial charge in [0, 0.05) is 13.1 Å². The molecule has 1 saturated heterocycles. The van der Waals surface area contributed by atoms with E-state index < -0.39 is 17.6 Å². The molecule has 1 aliphatic heterocycles. The lowest BCUT2D eigenvalue weighted by Crippen LogP contribution is -2.51. The van der Waals surface area contributed by atoms with Crippen LogP contribution in [0.3, 0.4) is 0 Å². The Labute approximate surface area is 113 Å². The zero-order chi connectivity index (χ0) is 14.8. The van der Waals surface area contributed by atoms with Crippen molar-refractivity contribution in [3.05, 3.63) is 0 Å².